The molecule has 0 unspecified atom stereocenters. The third-order valence-electron chi connectivity index (χ3n) is 4.54. The third-order valence-corrected chi connectivity index (χ3v) is 4.54. The summed E-state index contributed by atoms with van der Waals surface area (Å²) >= 11 is 0. The molecule has 3 aromatic rings. The lowest BCUT2D eigenvalue weighted by Crippen LogP contribution is -2.34. The molecule has 1 fully saturated rings. The van der Waals surface area contributed by atoms with Crippen LogP contribution in [0.15, 0.2) is 61.2 Å². The maximum Gasteiger partial charge on any atom is 0.0752 e. The molecule has 0 radical (unpaired) electrons. The standard InChI is InChI=1S/C18H21N5/c1-2-5-16(6-3-1)14-22-15-18(13-20-22)21-11-7-17(8-12-21)23-10-4-9-19-23/h1-6,9-10,13,15,17H,7-8,11-12,14H2. The average Bonchev–Trinajstić information content (AvgIpc) is 3.28. The van der Waals surface area contributed by atoms with Crippen molar-refractivity contribution in [3.05, 3.63) is 66.7 Å². The molecule has 5 heteroatoms. The highest BCUT2D eigenvalue weighted by Crippen LogP contribution is 2.25. The molecular formula is C18H21N5. The first-order valence-electron chi connectivity index (χ1n) is 8.19. The van der Waals surface area contributed by atoms with Crippen molar-refractivity contribution in [1.29, 1.82) is 0 Å². The van der Waals surface area contributed by atoms with Crippen LogP contribution in [0.2, 0.25) is 0 Å². The molecule has 1 saturated heterocycles. The largest absolute Gasteiger partial charge is 0.369 e. The van der Waals surface area contributed by atoms with Gasteiger partial charge in [-0.2, -0.15) is 10.2 Å². The van der Waals surface area contributed by atoms with E-state index < -0.39 is 0 Å². The van der Waals surface area contributed by atoms with Gasteiger partial charge in [0.2, 0.25) is 0 Å². The lowest BCUT2D eigenvalue weighted by atomic mass is 10.1. The van der Waals surface area contributed by atoms with Gasteiger partial charge in [0.05, 0.1) is 24.5 Å². The van der Waals surface area contributed by atoms with Crippen LogP contribution in [0.4, 0.5) is 5.69 Å². The molecule has 4 rings (SSSR count). The van der Waals surface area contributed by atoms with Crippen LogP contribution in [-0.4, -0.2) is 32.7 Å². The first-order chi connectivity index (χ1) is 11.4. The summed E-state index contributed by atoms with van der Waals surface area (Å²) in [5.74, 6) is 0. The van der Waals surface area contributed by atoms with Gasteiger partial charge < -0.3 is 4.90 Å². The van der Waals surface area contributed by atoms with Crippen LogP contribution in [0.3, 0.4) is 0 Å². The molecule has 0 aliphatic carbocycles. The van der Waals surface area contributed by atoms with Crippen molar-refractivity contribution >= 4 is 5.69 Å². The minimum atomic E-state index is 0.528. The lowest BCUT2D eigenvalue weighted by Gasteiger charge is -2.32. The van der Waals surface area contributed by atoms with E-state index in [0.717, 1.165) is 32.5 Å². The van der Waals surface area contributed by atoms with Gasteiger partial charge in [-0.1, -0.05) is 30.3 Å². The zero-order valence-corrected chi connectivity index (χ0v) is 13.1. The number of rotatable bonds is 4. The monoisotopic (exact) mass is 307 g/mol. The molecule has 0 saturated carbocycles. The van der Waals surface area contributed by atoms with Gasteiger partial charge in [-0.25, -0.2) is 0 Å². The van der Waals surface area contributed by atoms with E-state index in [9.17, 15) is 0 Å². The minimum Gasteiger partial charge on any atom is -0.369 e. The van der Waals surface area contributed by atoms with Crippen LogP contribution in [0.1, 0.15) is 24.4 Å². The van der Waals surface area contributed by atoms with Crippen LogP contribution in [0.5, 0.6) is 0 Å². The Morgan fingerprint density at radius 1 is 1.00 bits per heavy atom. The first kappa shape index (κ1) is 14.1. The number of benzene rings is 1. The number of hydrogen-bond acceptors (Lipinski definition) is 3. The van der Waals surface area contributed by atoms with Gasteiger partial charge in [-0.05, 0) is 24.5 Å². The maximum absolute atomic E-state index is 4.51. The fraction of sp³-hybridized carbons (Fsp3) is 0.333. The summed E-state index contributed by atoms with van der Waals surface area (Å²) in [6, 6.07) is 13.0. The predicted molar refractivity (Wildman–Crippen MR) is 90.5 cm³/mol. The highest BCUT2D eigenvalue weighted by molar-refractivity contribution is 5.42. The summed E-state index contributed by atoms with van der Waals surface area (Å²) in [7, 11) is 0. The third kappa shape index (κ3) is 3.13. The van der Waals surface area contributed by atoms with Crippen molar-refractivity contribution in [2.75, 3.05) is 18.0 Å². The van der Waals surface area contributed by atoms with E-state index in [1.165, 1.54) is 11.3 Å². The zero-order chi connectivity index (χ0) is 15.5. The van der Waals surface area contributed by atoms with E-state index in [2.05, 4.69) is 56.4 Å². The highest BCUT2D eigenvalue weighted by Gasteiger charge is 2.21. The van der Waals surface area contributed by atoms with Gasteiger partial charge >= 0.3 is 0 Å². The van der Waals surface area contributed by atoms with Crippen LogP contribution in [0.25, 0.3) is 0 Å². The molecular weight excluding hydrogens is 286 g/mol. The zero-order valence-electron chi connectivity index (χ0n) is 13.1. The summed E-state index contributed by atoms with van der Waals surface area (Å²) in [5.41, 5.74) is 2.50. The van der Waals surface area contributed by atoms with Gasteiger partial charge in [0.25, 0.3) is 0 Å². The Bertz CT molecular complexity index is 724. The van der Waals surface area contributed by atoms with E-state index >= 15 is 0 Å². The van der Waals surface area contributed by atoms with Crippen molar-refractivity contribution < 1.29 is 0 Å². The van der Waals surface area contributed by atoms with Gasteiger partial charge in [0.15, 0.2) is 0 Å². The van der Waals surface area contributed by atoms with Crippen LogP contribution in [-0.2, 0) is 6.54 Å². The van der Waals surface area contributed by atoms with E-state index in [1.807, 2.05) is 29.2 Å². The number of piperidine rings is 1. The molecule has 2 aromatic heterocycles. The predicted octanol–water partition coefficient (Wildman–Crippen LogP) is 2.97. The molecule has 0 bridgehead atoms. The van der Waals surface area contributed by atoms with Crippen LogP contribution >= 0.6 is 0 Å². The molecule has 1 aliphatic heterocycles. The molecule has 0 spiro atoms. The van der Waals surface area contributed by atoms with Crippen molar-refractivity contribution in [2.24, 2.45) is 0 Å². The number of aromatic nitrogens is 4. The Morgan fingerprint density at radius 3 is 2.57 bits per heavy atom. The van der Waals surface area contributed by atoms with Crippen molar-refractivity contribution in [3.63, 3.8) is 0 Å². The molecule has 1 aromatic carbocycles. The summed E-state index contributed by atoms with van der Waals surface area (Å²) in [4.78, 5) is 2.43. The van der Waals surface area contributed by atoms with Gasteiger partial charge in [0, 0.05) is 31.7 Å². The maximum atomic E-state index is 4.51. The number of nitrogens with zero attached hydrogens (tertiary/aromatic N) is 5. The van der Waals surface area contributed by atoms with Crippen LogP contribution < -0.4 is 4.90 Å². The quantitative estimate of drug-likeness (QED) is 0.744. The van der Waals surface area contributed by atoms with Crippen molar-refractivity contribution in [2.45, 2.75) is 25.4 Å². The summed E-state index contributed by atoms with van der Waals surface area (Å²) in [6.07, 6.45) is 10.3. The minimum absolute atomic E-state index is 0.528. The molecule has 23 heavy (non-hydrogen) atoms. The summed E-state index contributed by atoms with van der Waals surface area (Å²) in [6.45, 7) is 2.94. The van der Waals surface area contributed by atoms with Crippen molar-refractivity contribution in [3.8, 4) is 0 Å². The molecule has 0 N–H and O–H groups in total. The van der Waals surface area contributed by atoms with E-state index in [0.29, 0.717) is 6.04 Å². The van der Waals surface area contributed by atoms with E-state index in [-0.39, 0.29) is 0 Å². The molecule has 5 nitrogen and oxygen atoms in total. The van der Waals surface area contributed by atoms with Crippen molar-refractivity contribution in [1.82, 2.24) is 19.6 Å². The Hall–Kier alpha value is -2.56. The molecule has 0 amide bonds. The number of hydrogen-bond donors (Lipinski definition) is 0. The highest BCUT2D eigenvalue weighted by atomic mass is 15.3. The van der Waals surface area contributed by atoms with Gasteiger partial charge in [0.1, 0.15) is 0 Å². The Kier molecular flexibility index (Phi) is 3.84. The fourth-order valence-corrected chi connectivity index (χ4v) is 3.26. The summed E-state index contributed by atoms with van der Waals surface area (Å²) < 4.78 is 4.11. The van der Waals surface area contributed by atoms with E-state index in [4.69, 9.17) is 0 Å². The Morgan fingerprint density at radius 2 is 1.83 bits per heavy atom. The normalized spacial score (nSPS) is 15.9. The molecule has 118 valence electrons. The Labute approximate surface area is 136 Å². The van der Waals surface area contributed by atoms with E-state index in [1.54, 1.807) is 0 Å². The second-order valence-electron chi connectivity index (χ2n) is 6.09. The SMILES string of the molecule is c1ccc(Cn2cc(N3CCC(n4cccn4)CC3)cn2)cc1. The van der Waals surface area contributed by atoms with Gasteiger partial charge in [-0.15, -0.1) is 0 Å². The second kappa shape index (κ2) is 6.28. The average molecular weight is 307 g/mol. The molecule has 1 aliphatic rings. The second-order valence-corrected chi connectivity index (χ2v) is 6.09. The van der Waals surface area contributed by atoms with Crippen LogP contribution in [0, 0.1) is 0 Å². The topological polar surface area (TPSA) is 38.9 Å². The van der Waals surface area contributed by atoms with Gasteiger partial charge in [-0.3, -0.25) is 9.36 Å². The first-order valence-corrected chi connectivity index (χ1v) is 8.19. The Balaban J connectivity index is 1.38. The fourth-order valence-electron chi connectivity index (χ4n) is 3.26. The smallest absolute Gasteiger partial charge is 0.0752 e. The lowest BCUT2D eigenvalue weighted by molar-refractivity contribution is 0.367. The summed E-state index contributed by atoms with van der Waals surface area (Å²) in [5, 5.41) is 8.88. The number of anilines is 1. The molecule has 3 heterocycles. The molecule has 0 atom stereocenters.